The van der Waals surface area contributed by atoms with E-state index in [1.807, 2.05) is 14.1 Å². The van der Waals surface area contributed by atoms with E-state index in [1.54, 1.807) is 23.5 Å². The van der Waals surface area contributed by atoms with Gasteiger partial charge in [0.1, 0.15) is 0 Å². The van der Waals surface area contributed by atoms with Gasteiger partial charge in [0.15, 0.2) is 0 Å². The van der Waals surface area contributed by atoms with Crippen LogP contribution in [0.15, 0.2) is 15.9 Å². The van der Waals surface area contributed by atoms with Gasteiger partial charge < -0.3 is 9.64 Å². The molecule has 0 unspecified atom stereocenters. The Morgan fingerprint density at radius 3 is 2.94 bits per heavy atom. The van der Waals surface area contributed by atoms with E-state index in [0.29, 0.717) is 17.4 Å². The smallest absolute Gasteiger partial charge is 0.341 e. The molecule has 0 aliphatic heterocycles. The van der Waals surface area contributed by atoms with Crippen LogP contribution in [-0.2, 0) is 9.53 Å². The first kappa shape index (κ1) is 14.7. The standard InChI is InChI=1S/C11H14ClN3O2S/c1-4-17-10(16)8(5-12)9-6-18-11(14-9)13-7-15(2)3/h5-7H,4H2,1-3H3/b8-5+,13-7?. The number of rotatable bonds is 5. The predicted octanol–water partition coefficient (Wildman–Crippen LogP) is 2.51. The zero-order chi connectivity index (χ0) is 13.5. The summed E-state index contributed by atoms with van der Waals surface area (Å²) in [5, 5.41) is 2.27. The Balaban J connectivity index is 2.87. The molecule has 0 aromatic carbocycles. The molecular weight excluding hydrogens is 274 g/mol. The van der Waals surface area contributed by atoms with Gasteiger partial charge in [-0.25, -0.2) is 14.8 Å². The van der Waals surface area contributed by atoms with Gasteiger partial charge in [0.25, 0.3) is 0 Å². The maximum Gasteiger partial charge on any atom is 0.341 e. The van der Waals surface area contributed by atoms with E-state index in [2.05, 4.69) is 9.98 Å². The lowest BCUT2D eigenvalue weighted by Gasteiger charge is -2.02. The minimum atomic E-state index is -0.485. The highest BCUT2D eigenvalue weighted by Crippen LogP contribution is 2.24. The first-order chi connectivity index (χ1) is 8.58. The Morgan fingerprint density at radius 1 is 1.67 bits per heavy atom. The summed E-state index contributed by atoms with van der Waals surface area (Å²) in [6, 6.07) is 0. The number of aromatic nitrogens is 1. The molecule has 98 valence electrons. The first-order valence-electron chi connectivity index (χ1n) is 5.22. The van der Waals surface area contributed by atoms with Gasteiger partial charge in [-0.2, -0.15) is 0 Å². The lowest BCUT2D eigenvalue weighted by molar-refractivity contribution is -0.136. The molecule has 7 heteroatoms. The SMILES string of the molecule is CCOC(=O)/C(=C/Cl)c1csc(N=CN(C)C)n1. The van der Waals surface area contributed by atoms with Crippen molar-refractivity contribution < 1.29 is 9.53 Å². The predicted molar refractivity (Wildman–Crippen MR) is 74.4 cm³/mol. The number of ether oxygens (including phenoxy) is 1. The van der Waals surface area contributed by atoms with E-state index in [1.165, 1.54) is 16.9 Å². The van der Waals surface area contributed by atoms with Crippen LogP contribution in [0.25, 0.3) is 5.57 Å². The van der Waals surface area contributed by atoms with Gasteiger partial charge >= 0.3 is 5.97 Å². The van der Waals surface area contributed by atoms with E-state index >= 15 is 0 Å². The van der Waals surface area contributed by atoms with E-state index in [9.17, 15) is 4.79 Å². The van der Waals surface area contributed by atoms with E-state index in [0.717, 1.165) is 0 Å². The summed E-state index contributed by atoms with van der Waals surface area (Å²) in [6.45, 7) is 2.03. The third-order valence-electron chi connectivity index (χ3n) is 1.77. The highest BCUT2D eigenvalue weighted by Gasteiger charge is 2.15. The molecule has 0 atom stereocenters. The molecule has 0 radical (unpaired) electrons. The van der Waals surface area contributed by atoms with Gasteiger partial charge in [0.05, 0.1) is 24.2 Å². The van der Waals surface area contributed by atoms with Crippen LogP contribution in [0.1, 0.15) is 12.6 Å². The monoisotopic (exact) mass is 287 g/mol. The van der Waals surface area contributed by atoms with Crippen molar-refractivity contribution in [2.75, 3.05) is 20.7 Å². The van der Waals surface area contributed by atoms with E-state index < -0.39 is 5.97 Å². The molecule has 0 saturated carbocycles. The number of carbonyl (C=O) groups is 1. The molecule has 0 saturated heterocycles. The lowest BCUT2D eigenvalue weighted by Crippen LogP contribution is -2.07. The number of carbonyl (C=O) groups excluding carboxylic acids is 1. The van der Waals surface area contributed by atoms with Crippen LogP contribution in [-0.4, -0.2) is 42.9 Å². The molecule has 0 aliphatic carbocycles. The summed E-state index contributed by atoms with van der Waals surface area (Å²) >= 11 is 6.95. The Morgan fingerprint density at radius 2 is 2.39 bits per heavy atom. The molecule has 0 fully saturated rings. The van der Waals surface area contributed by atoms with Gasteiger partial charge in [-0.1, -0.05) is 11.6 Å². The largest absolute Gasteiger partial charge is 0.462 e. The molecule has 18 heavy (non-hydrogen) atoms. The third kappa shape index (κ3) is 4.12. The second kappa shape index (κ2) is 7.13. The Hall–Kier alpha value is -1.40. The van der Waals surface area contributed by atoms with Crippen molar-refractivity contribution in [2.24, 2.45) is 4.99 Å². The zero-order valence-electron chi connectivity index (χ0n) is 10.4. The molecule has 1 heterocycles. The lowest BCUT2D eigenvalue weighted by atomic mass is 10.2. The van der Waals surface area contributed by atoms with E-state index in [-0.39, 0.29) is 5.57 Å². The van der Waals surface area contributed by atoms with Gasteiger partial charge in [-0.15, -0.1) is 11.3 Å². The summed E-state index contributed by atoms with van der Waals surface area (Å²) in [5.74, 6) is -0.485. The van der Waals surface area contributed by atoms with Crippen molar-refractivity contribution in [3.05, 3.63) is 16.6 Å². The zero-order valence-corrected chi connectivity index (χ0v) is 12.0. The molecule has 1 aromatic heterocycles. The number of halogens is 1. The van der Waals surface area contributed by atoms with Gasteiger partial charge in [0.2, 0.25) is 5.13 Å². The quantitative estimate of drug-likeness (QED) is 0.361. The number of esters is 1. The van der Waals surface area contributed by atoms with Crippen molar-refractivity contribution in [3.63, 3.8) is 0 Å². The van der Waals surface area contributed by atoms with Crippen molar-refractivity contribution in [1.82, 2.24) is 9.88 Å². The number of hydrogen-bond acceptors (Lipinski definition) is 5. The van der Waals surface area contributed by atoms with Crippen LogP contribution in [0.2, 0.25) is 0 Å². The summed E-state index contributed by atoms with van der Waals surface area (Å²) in [6.07, 6.45) is 1.64. The van der Waals surface area contributed by atoms with Crippen LogP contribution in [0.5, 0.6) is 0 Å². The fourth-order valence-electron chi connectivity index (χ4n) is 1.03. The highest BCUT2D eigenvalue weighted by atomic mass is 35.5. The molecular formula is C11H14ClN3O2S. The average Bonchev–Trinajstić information content (AvgIpc) is 2.76. The Labute approximate surface area is 115 Å². The molecule has 0 aliphatic rings. The molecule has 1 aromatic rings. The topological polar surface area (TPSA) is 54.8 Å². The van der Waals surface area contributed by atoms with Crippen LogP contribution in [0.4, 0.5) is 5.13 Å². The van der Waals surface area contributed by atoms with E-state index in [4.69, 9.17) is 16.3 Å². The Bertz CT molecular complexity index is 469. The number of hydrogen-bond donors (Lipinski definition) is 0. The van der Waals surface area contributed by atoms with Crippen LogP contribution in [0.3, 0.4) is 0 Å². The third-order valence-corrected chi connectivity index (χ3v) is 2.74. The van der Waals surface area contributed by atoms with Crippen molar-refractivity contribution in [1.29, 1.82) is 0 Å². The minimum absolute atomic E-state index is 0.237. The fraction of sp³-hybridized carbons (Fsp3) is 0.364. The number of nitrogens with zero attached hydrogens (tertiary/aromatic N) is 3. The summed E-state index contributed by atoms with van der Waals surface area (Å²) in [5.41, 5.74) is 1.88. The van der Waals surface area contributed by atoms with Gasteiger partial charge in [-0.05, 0) is 6.92 Å². The van der Waals surface area contributed by atoms with Crippen LogP contribution < -0.4 is 0 Å². The van der Waals surface area contributed by atoms with Crippen molar-refractivity contribution in [2.45, 2.75) is 6.92 Å². The Kier molecular flexibility index (Phi) is 5.80. The van der Waals surface area contributed by atoms with Gasteiger partial charge in [0, 0.05) is 25.0 Å². The fourth-order valence-corrected chi connectivity index (χ4v) is 1.88. The number of aliphatic imine (C=N–C) groups is 1. The molecule has 0 N–H and O–H groups in total. The van der Waals surface area contributed by atoms with Crippen LogP contribution >= 0.6 is 22.9 Å². The second-order valence-corrected chi connectivity index (χ2v) is 4.52. The molecule has 0 bridgehead atoms. The van der Waals surface area contributed by atoms with Crippen molar-refractivity contribution >= 4 is 46.0 Å². The average molecular weight is 288 g/mol. The summed E-state index contributed by atoms with van der Waals surface area (Å²) < 4.78 is 4.88. The van der Waals surface area contributed by atoms with Crippen molar-refractivity contribution in [3.8, 4) is 0 Å². The minimum Gasteiger partial charge on any atom is -0.462 e. The second-order valence-electron chi connectivity index (χ2n) is 3.47. The van der Waals surface area contributed by atoms with Gasteiger partial charge in [-0.3, -0.25) is 0 Å². The molecule has 1 rings (SSSR count). The maximum absolute atomic E-state index is 11.6. The van der Waals surface area contributed by atoms with Crippen LogP contribution in [0, 0.1) is 0 Å². The molecule has 5 nitrogen and oxygen atoms in total. The molecule has 0 amide bonds. The summed E-state index contributed by atoms with van der Waals surface area (Å²) in [4.78, 5) is 21.7. The normalized spacial score (nSPS) is 11.9. The molecule has 0 spiro atoms. The highest BCUT2D eigenvalue weighted by molar-refractivity contribution is 7.13. The number of thiazole rings is 1. The summed E-state index contributed by atoms with van der Waals surface area (Å²) in [7, 11) is 3.72. The maximum atomic E-state index is 11.6. The first-order valence-corrected chi connectivity index (χ1v) is 6.54.